The molecule has 1 atom stereocenters. The number of unbranched alkanes of at least 4 members (excludes halogenated alkanes) is 3. The van der Waals surface area contributed by atoms with Crippen LogP contribution in [0.1, 0.15) is 32.1 Å². The molecule has 1 unspecified atom stereocenters. The monoisotopic (exact) mass is 184 g/mol. The van der Waals surface area contributed by atoms with Gasteiger partial charge in [0.05, 0.1) is 12.7 Å². The Hall–Kier alpha value is -0.850. The van der Waals surface area contributed by atoms with Crippen LogP contribution in [0.5, 0.6) is 0 Å². The summed E-state index contributed by atoms with van der Waals surface area (Å²) in [5, 5.41) is 17.5. The second-order valence-corrected chi connectivity index (χ2v) is 2.87. The number of aldehydes is 1. The third-order valence-corrected chi connectivity index (χ3v) is 1.71. The van der Waals surface area contributed by atoms with Gasteiger partial charge in [0, 0.05) is 6.42 Å². The fraction of sp³-hybridized carbons (Fsp3) is 0.700. The molecule has 0 aromatic rings. The zero-order valence-corrected chi connectivity index (χ0v) is 7.70. The number of hydrogen-bond donors (Lipinski definition) is 2. The molecule has 0 fully saturated rings. The van der Waals surface area contributed by atoms with Gasteiger partial charge >= 0.3 is 0 Å². The van der Waals surface area contributed by atoms with E-state index in [4.69, 9.17) is 10.2 Å². The molecule has 13 heavy (non-hydrogen) atoms. The smallest absolute Gasteiger partial charge is 0.192 e. The Morgan fingerprint density at radius 1 is 1.31 bits per heavy atom. The predicted molar refractivity (Wildman–Crippen MR) is 50.0 cm³/mol. The predicted octanol–water partition coefficient (Wildman–Crippen LogP) is 0.492. The molecule has 0 aliphatic heterocycles. The molecule has 0 saturated heterocycles. The molecule has 0 aromatic heterocycles. The number of carbonyl (C=O) groups excluding carboxylic acids is 1. The van der Waals surface area contributed by atoms with Crippen molar-refractivity contribution in [1.29, 1.82) is 0 Å². The second-order valence-electron chi connectivity index (χ2n) is 2.87. The first-order valence-corrected chi connectivity index (χ1v) is 4.52. The van der Waals surface area contributed by atoms with Crippen molar-refractivity contribution in [2.24, 2.45) is 0 Å². The van der Waals surface area contributed by atoms with Crippen LogP contribution in [-0.4, -0.2) is 29.2 Å². The number of rotatable bonds is 6. The first-order valence-electron chi connectivity index (χ1n) is 4.52. The molecule has 0 amide bonds. The van der Waals surface area contributed by atoms with E-state index in [1.165, 1.54) is 0 Å². The Labute approximate surface area is 78.8 Å². The molecule has 3 nitrogen and oxygen atoms in total. The Morgan fingerprint density at radius 3 is 2.69 bits per heavy atom. The Balaban J connectivity index is 3.12. The minimum atomic E-state index is -0.582. The lowest BCUT2D eigenvalue weighted by atomic mass is 10.1. The maximum atomic E-state index is 9.79. The molecule has 0 aliphatic rings. The first-order chi connectivity index (χ1) is 6.31. The van der Waals surface area contributed by atoms with E-state index >= 15 is 0 Å². The van der Waals surface area contributed by atoms with Gasteiger partial charge in [-0.1, -0.05) is 18.8 Å². The van der Waals surface area contributed by atoms with Gasteiger partial charge in [-0.2, -0.15) is 0 Å². The van der Waals surface area contributed by atoms with Crippen molar-refractivity contribution in [3.63, 3.8) is 0 Å². The molecule has 0 saturated carbocycles. The average molecular weight is 184 g/mol. The van der Waals surface area contributed by atoms with Crippen molar-refractivity contribution in [2.75, 3.05) is 6.61 Å². The van der Waals surface area contributed by atoms with E-state index in [1.807, 2.05) is 0 Å². The lowest BCUT2D eigenvalue weighted by Gasteiger charge is -2.04. The van der Waals surface area contributed by atoms with Gasteiger partial charge in [-0.05, 0) is 18.8 Å². The van der Waals surface area contributed by atoms with Gasteiger partial charge in [-0.3, -0.25) is 4.79 Å². The van der Waals surface area contributed by atoms with Crippen LogP contribution in [0.2, 0.25) is 0 Å². The molecular weight excluding hydrogens is 168 g/mol. The molecule has 2 N–H and O–H groups in total. The largest absolute Gasteiger partial charge is 0.394 e. The summed E-state index contributed by atoms with van der Waals surface area (Å²) in [5.74, 6) is 5.05. The van der Waals surface area contributed by atoms with Gasteiger partial charge in [-0.15, -0.1) is 0 Å². The molecule has 0 radical (unpaired) electrons. The molecule has 0 heterocycles. The SMILES string of the molecule is O=CC#CCCCCCC(O)CO. The van der Waals surface area contributed by atoms with Crippen LogP contribution in [0.15, 0.2) is 0 Å². The van der Waals surface area contributed by atoms with Crippen molar-refractivity contribution in [1.82, 2.24) is 0 Å². The molecule has 3 heteroatoms. The lowest BCUT2D eigenvalue weighted by Crippen LogP contribution is -2.10. The summed E-state index contributed by atoms with van der Waals surface area (Å²) >= 11 is 0. The summed E-state index contributed by atoms with van der Waals surface area (Å²) in [4.78, 5) is 9.79. The summed E-state index contributed by atoms with van der Waals surface area (Å²) in [6.45, 7) is -0.162. The van der Waals surface area contributed by atoms with Crippen molar-refractivity contribution in [2.45, 2.75) is 38.2 Å². The Kier molecular flexibility index (Phi) is 8.64. The van der Waals surface area contributed by atoms with Gasteiger partial charge in [-0.25, -0.2) is 0 Å². The summed E-state index contributed by atoms with van der Waals surface area (Å²) in [6, 6.07) is 0. The number of aliphatic hydroxyl groups excluding tert-OH is 2. The zero-order valence-electron chi connectivity index (χ0n) is 7.70. The zero-order chi connectivity index (χ0) is 9.94. The molecule has 0 bridgehead atoms. The minimum Gasteiger partial charge on any atom is -0.394 e. The van der Waals surface area contributed by atoms with Gasteiger partial charge in [0.15, 0.2) is 6.29 Å². The second kappa shape index (κ2) is 9.24. The van der Waals surface area contributed by atoms with Gasteiger partial charge < -0.3 is 10.2 Å². The van der Waals surface area contributed by atoms with Crippen LogP contribution >= 0.6 is 0 Å². The third kappa shape index (κ3) is 9.06. The van der Waals surface area contributed by atoms with E-state index < -0.39 is 6.10 Å². The van der Waals surface area contributed by atoms with Crippen molar-refractivity contribution >= 4 is 6.29 Å². The number of carbonyl (C=O) groups is 1. The fourth-order valence-electron chi connectivity index (χ4n) is 0.975. The molecular formula is C10H16O3. The van der Waals surface area contributed by atoms with E-state index in [0.717, 1.165) is 25.7 Å². The van der Waals surface area contributed by atoms with E-state index in [1.54, 1.807) is 0 Å². The van der Waals surface area contributed by atoms with E-state index in [0.29, 0.717) is 12.7 Å². The maximum Gasteiger partial charge on any atom is 0.192 e. The van der Waals surface area contributed by atoms with Crippen LogP contribution in [0.25, 0.3) is 0 Å². The fourth-order valence-corrected chi connectivity index (χ4v) is 0.975. The highest BCUT2D eigenvalue weighted by Crippen LogP contribution is 2.04. The minimum absolute atomic E-state index is 0.162. The highest BCUT2D eigenvalue weighted by molar-refractivity contribution is 5.72. The standard InChI is InChI=1S/C10H16O3/c11-8-6-4-2-1-3-5-7-10(13)9-12/h8,10,12-13H,1-3,5,7,9H2. The summed E-state index contributed by atoms with van der Waals surface area (Å²) in [6.07, 6.45) is 4.19. The highest BCUT2D eigenvalue weighted by Gasteiger charge is 1.99. The van der Waals surface area contributed by atoms with Crippen LogP contribution in [0.3, 0.4) is 0 Å². The lowest BCUT2D eigenvalue weighted by molar-refractivity contribution is -0.103. The molecule has 0 rings (SSSR count). The Bertz CT molecular complexity index is 178. The van der Waals surface area contributed by atoms with Crippen LogP contribution in [-0.2, 0) is 4.79 Å². The maximum absolute atomic E-state index is 9.79. The normalized spacial score (nSPS) is 11.5. The molecule has 0 aliphatic carbocycles. The number of hydrogen-bond acceptors (Lipinski definition) is 3. The van der Waals surface area contributed by atoms with Gasteiger partial charge in [0.2, 0.25) is 0 Å². The Morgan fingerprint density at radius 2 is 2.08 bits per heavy atom. The average Bonchev–Trinajstić information content (AvgIpc) is 2.16. The van der Waals surface area contributed by atoms with Gasteiger partial charge in [0.25, 0.3) is 0 Å². The van der Waals surface area contributed by atoms with E-state index in [9.17, 15) is 4.79 Å². The first kappa shape index (κ1) is 12.2. The molecule has 74 valence electrons. The quantitative estimate of drug-likeness (QED) is 0.359. The summed E-state index contributed by atoms with van der Waals surface area (Å²) in [5.41, 5.74) is 0. The van der Waals surface area contributed by atoms with Gasteiger partial charge in [0.1, 0.15) is 0 Å². The number of aliphatic hydroxyl groups is 2. The molecule has 0 aromatic carbocycles. The van der Waals surface area contributed by atoms with Crippen molar-refractivity contribution in [3.05, 3.63) is 0 Å². The van der Waals surface area contributed by atoms with Crippen molar-refractivity contribution < 1.29 is 15.0 Å². The molecule has 0 spiro atoms. The van der Waals surface area contributed by atoms with E-state index in [-0.39, 0.29) is 6.61 Å². The van der Waals surface area contributed by atoms with Crippen molar-refractivity contribution in [3.8, 4) is 11.8 Å². The van der Waals surface area contributed by atoms with E-state index in [2.05, 4.69) is 11.8 Å². The topological polar surface area (TPSA) is 57.5 Å². The highest BCUT2D eigenvalue weighted by atomic mass is 16.3. The summed E-state index contributed by atoms with van der Waals surface area (Å²) in [7, 11) is 0. The van der Waals surface area contributed by atoms with Crippen LogP contribution in [0.4, 0.5) is 0 Å². The van der Waals surface area contributed by atoms with Crippen LogP contribution in [0, 0.1) is 11.8 Å². The third-order valence-electron chi connectivity index (χ3n) is 1.71. The summed E-state index contributed by atoms with van der Waals surface area (Å²) < 4.78 is 0. The van der Waals surface area contributed by atoms with Crippen LogP contribution < -0.4 is 0 Å².